The van der Waals surface area contributed by atoms with Crippen LogP contribution in [0.4, 0.5) is 5.69 Å². The Hall–Kier alpha value is -2.07. The number of hydrogen-bond donors (Lipinski definition) is 0. The lowest BCUT2D eigenvalue weighted by Gasteiger charge is -2.03. The van der Waals surface area contributed by atoms with Gasteiger partial charge in [0.15, 0.2) is 6.61 Å². The van der Waals surface area contributed by atoms with Gasteiger partial charge < -0.3 is 4.74 Å². The number of ether oxygens (including phenoxy) is 1. The molecule has 0 saturated heterocycles. The number of nitro groups is 1. The Balaban J connectivity index is 3.04. The van der Waals surface area contributed by atoms with E-state index in [4.69, 9.17) is 5.26 Å². The lowest BCUT2D eigenvalue weighted by molar-refractivity contribution is -0.387. The van der Waals surface area contributed by atoms with Crippen molar-refractivity contribution in [3.8, 4) is 6.07 Å². The summed E-state index contributed by atoms with van der Waals surface area (Å²) >= 11 is 1.22. The van der Waals surface area contributed by atoms with Crippen LogP contribution in [0.25, 0.3) is 0 Å². The summed E-state index contributed by atoms with van der Waals surface area (Å²) in [5, 5.41) is 19.0. The number of carbonyl (C=O) groups is 1. The molecule has 88 valence electrons. The summed E-state index contributed by atoms with van der Waals surface area (Å²) in [4.78, 5) is 22.0. The maximum atomic E-state index is 11.4. The van der Waals surface area contributed by atoms with E-state index in [1.165, 1.54) is 23.9 Å². The molecule has 0 aliphatic carbocycles. The Morgan fingerprint density at radius 3 is 2.88 bits per heavy atom. The molecule has 0 fully saturated rings. The highest BCUT2D eigenvalue weighted by Crippen LogP contribution is 2.28. The average Bonchev–Trinajstić information content (AvgIpc) is 2.34. The van der Waals surface area contributed by atoms with Crippen LogP contribution in [0.2, 0.25) is 0 Å². The Labute approximate surface area is 101 Å². The van der Waals surface area contributed by atoms with Crippen molar-refractivity contribution in [3.63, 3.8) is 0 Å². The van der Waals surface area contributed by atoms with Crippen LogP contribution >= 0.6 is 11.8 Å². The van der Waals surface area contributed by atoms with Gasteiger partial charge in [-0.25, -0.2) is 4.79 Å². The van der Waals surface area contributed by atoms with Crippen LogP contribution in [-0.2, 0) is 4.74 Å². The zero-order chi connectivity index (χ0) is 12.8. The van der Waals surface area contributed by atoms with Gasteiger partial charge in [-0.15, -0.1) is 11.8 Å². The van der Waals surface area contributed by atoms with Gasteiger partial charge in [0.1, 0.15) is 6.07 Å². The average molecular weight is 252 g/mol. The van der Waals surface area contributed by atoms with Crippen LogP contribution in [0.5, 0.6) is 0 Å². The molecule has 0 aliphatic heterocycles. The summed E-state index contributed by atoms with van der Waals surface area (Å²) in [5.74, 6) is -0.748. The lowest BCUT2D eigenvalue weighted by Crippen LogP contribution is -2.06. The second-order valence-corrected chi connectivity index (χ2v) is 3.73. The zero-order valence-corrected chi connectivity index (χ0v) is 9.69. The van der Waals surface area contributed by atoms with Gasteiger partial charge in [-0.1, -0.05) is 0 Å². The molecular formula is C10H8N2O4S. The molecule has 6 nitrogen and oxygen atoms in total. The molecule has 7 heteroatoms. The maximum absolute atomic E-state index is 11.4. The van der Waals surface area contributed by atoms with Crippen molar-refractivity contribution in [1.29, 1.82) is 5.26 Å². The number of nitriles is 1. The van der Waals surface area contributed by atoms with Crippen molar-refractivity contribution in [3.05, 3.63) is 33.9 Å². The lowest BCUT2D eigenvalue weighted by atomic mass is 10.2. The quantitative estimate of drug-likeness (QED) is 0.352. The van der Waals surface area contributed by atoms with Gasteiger partial charge in [-0.3, -0.25) is 10.1 Å². The second-order valence-electron chi connectivity index (χ2n) is 2.88. The molecule has 0 aliphatic rings. The van der Waals surface area contributed by atoms with Gasteiger partial charge in [0, 0.05) is 6.07 Å². The molecule has 0 saturated carbocycles. The number of carbonyl (C=O) groups excluding carboxylic acids is 1. The highest BCUT2D eigenvalue weighted by atomic mass is 32.2. The third-order valence-electron chi connectivity index (χ3n) is 1.88. The molecule has 17 heavy (non-hydrogen) atoms. The van der Waals surface area contributed by atoms with Crippen molar-refractivity contribution in [1.82, 2.24) is 0 Å². The standard InChI is InChI=1S/C10H8N2O4S/c1-17-9-3-2-7(6-8(9)12(14)15)10(13)16-5-4-11/h2-3,6H,5H2,1H3. The Bertz CT molecular complexity index is 496. The maximum Gasteiger partial charge on any atom is 0.339 e. The van der Waals surface area contributed by atoms with E-state index >= 15 is 0 Å². The fraction of sp³-hybridized carbons (Fsp3) is 0.200. The van der Waals surface area contributed by atoms with E-state index in [-0.39, 0.29) is 17.9 Å². The van der Waals surface area contributed by atoms with Crippen LogP contribution in [0.1, 0.15) is 10.4 Å². The Morgan fingerprint density at radius 1 is 1.65 bits per heavy atom. The molecular weight excluding hydrogens is 244 g/mol. The van der Waals surface area contributed by atoms with E-state index < -0.39 is 10.9 Å². The molecule has 1 rings (SSSR count). The molecule has 0 atom stereocenters. The summed E-state index contributed by atoms with van der Waals surface area (Å²) in [5.41, 5.74) is -0.0892. The van der Waals surface area contributed by atoms with Crippen molar-refractivity contribution in [2.45, 2.75) is 4.90 Å². The summed E-state index contributed by atoms with van der Waals surface area (Å²) in [7, 11) is 0. The van der Waals surface area contributed by atoms with Crippen molar-refractivity contribution in [2.75, 3.05) is 12.9 Å². The van der Waals surface area contributed by atoms with Crippen LogP contribution in [-0.4, -0.2) is 23.8 Å². The highest BCUT2D eigenvalue weighted by molar-refractivity contribution is 7.98. The summed E-state index contributed by atoms with van der Waals surface area (Å²) in [6.45, 7) is -0.378. The van der Waals surface area contributed by atoms with E-state index in [0.29, 0.717) is 4.90 Å². The molecule has 1 aromatic rings. The molecule has 0 aromatic heterocycles. The first-order valence-electron chi connectivity index (χ1n) is 4.46. The smallest absolute Gasteiger partial charge is 0.339 e. The Kier molecular flexibility index (Phi) is 4.48. The summed E-state index contributed by atoms with van der Waals surface area (Å²) < 4.78 is 4.56. The number of nitrogens with zero attached hydrogens (tertiary/aromatic N) is 2. The third kappa shape index (κ3) is 3.19. The minimum absolute atomic E-state index is 0.0600. The number of nitro benzene ring substituents is 1. The predicted octanol–water partition coefficient (Wildman–Crippen LogP) is 2.00. The predicted molar refractivity (Wildman–Crippen MR) is 60.8 cm³/mol. The first kappa shape index (κ1) is 13.0. The fourth-order valence-corrected chi connectivity index (χ4v) is 1.69. The first-order valence-corrected chi connectivity index (χ1v) is 5.69. The van der Waals surface area contributed by atoms with Gasteiger partial charge in [-0.2, -0.15) is 5.26 Å². The van der Waals surface area contributed by atoms with E-state index in [1.54, 1.807) is 12.3 Å². The molecule has 0 bridgehead atoms. The topological polar surface area (TPSA) is 93.2 Å². The van der Waals surface area contributed by atoms with Gasteiger partial charge in [0.2, 0.25) is 0 Å². The number of benzene rings is 1. The summed E-state index contributed by atoms with van der Waals surface area (Å²) in [6.07, 6.45) is 1.70. The molecule has 0 amide bonds. The first-order chi connectivity index (χ1) is 8.10. The molecule has 0 unspecified atom stereocenters. The molecule has 0 heterocycles. The molecule has 0 spiro atoms. The van der Waals surface area contributed by atoms with Gasteiger partial charge in [-0.05, 0) is 18.4 Å². The minimum Gasteiger partial charge on any atom is -0.447 e. The Morgan fingerprint density at radius 2 is 2.35 bits per heavy atom. The van der Waals surface area contributed by atoms with E-state index in [9.17, 15) is 14.9 Å². The molecule has 0 radical (unpaired) electrons. The van der Waals surface area contributed by atoms with Gasteiger partial charge in [0.25, 0.3) is 5.69 Å². The highest BCUT2D eigenvalue weighted by Gasteiger charge is 2.17. The molecule has 0 N–H and O–H groups in total. The van der Waals surface area contributed by atoms with Gasteiger partial charge >= 0.3 is 5.97 Å². The summed E-state index contributed by atoms with van der Waals surface area (Å²) in [6, 6.07) is 5.70. The van der Waals surface area contributed by atoms with Crippen LogP contribution in [0, 0.1) is 21.4 Å². The van der Waals surface area contributed by atoms with Crippen molar-refractivity contribution < 1.29 is 14.5 Å². The largest absolute Gasteiger partial charge is 0.447 e. The van der Waals surface area contributed by atoms with E-state index in [1.807, 2.05) is 0 Å². The normalized spacial score (nSPS) is 9.41. The van der Waals surface area contributed by atoms with Crippen LogP contribution in [0.15, 0.2) is 23.1 Å². The fourth-order valence-electron chi connectivity index (χ4n) is 1.14. The third-order valence-corrected chi connectivity index (χ3v) is 2.66. The minimum atomic E-state index is -0.748. The number of esters is 1. The number of hydrogen-bond acceptors (Lipinski definition) is 6. The van der Waals surface area contributed by atoms with Crippen LogP contribution < -0.4 is 0 Å². The van der Waals surface area contributed by atoms with Gasteiger partial charge in [0.05, 0.1) is 15.4 Å². The number of thioether (sulfide) groups is 1. The second kappa shape index (κ2) is 5.86. The zero-order valence-electron chi connectivity index (χ0n) is 8.87. The SMILES string of the molecule is CSc1ccc(C(=O)OCC#N)cc1[N+](=O)[O-]. The van der Waals surface area contributed by atoms with Crippen LogP contribution in [0.3, 0.4) is 0 Å². The van der Waals surface area contributed by atoms with E-state index in [2.05, 4.69) is 4.74 Å². The molecule has 1 aromatic carbocycles. The van der Waals surface area contributed by atoms with Crippen molar-refractivity contribution in [2.24, 2.45) is 0 Å². The number of rotatable bonds is 4. The van der Waals surface area contributed by atoms with Crippen molar-refractivity contribution >= 4 is 23.4 Å². The monoisotopic (exact) mass is 252 g/mol. The van der Waals surface area contributed by atoms with E-state index in [0.717, 1.165) is 6.07 Å².